The topological polar surface area (TPSA) is 58.6 Å². The number of aromatic nitrogens is 3. The monoisotopic (exact) mass is 179 g/mol. The van der Waals surface area contributed by atoms with Crippen molar-refractivity contribution in [2.45, 2.75) is 0 Å². The Morgan fingerprint density at radius 3 is 3.17 bits per heavy atom. The summed E-state index contributed by atoms with van der Waals surface area (Å²) in [6.45, 7) is 0. The molecule has 0 aliphatic heterocycles. The molecule has 5 heteroatoms. The zero-order valence-corrected chi connectivity index (χ0v) is 7.27. The predicted molar refractivity (Wildman–Crippen MR) is 49.5 cm³/mol. The highest BCUT2D eigenvalue weighted by molar-refractivity contribution is 7.26. The van der Waals surface area contributed by atoms with E-state index in [1.165, 1.54) is 0 Å². The normalized spacial score (nSPS) is 10.4. The minimum atomic E-state index is -0.203. The number of pyridine rings is 1. The molecule has 0 aliphatic rings. The second-order valence-corrected chi connectivity index (χ2v) is 2.87. The van der Waals surface area contributed by atoms with E-state index in [9.17, 15) is 4.79 Å². The van der Waals surface area contributed by atoms with Gasteiger partial charge in [0.05, 0.1) is 5.52 Å². The fourth-order valence-electron chi connectivity index (χ4n) is 0.995. The first-order chi connectivity index (χ1) is 5.77. The Balaban J connectivity index is 2.99. The van der Waals surface area contributed by atoms with E-state index in [-0.39, 0.29) is 5.56 Å². The van der Waals surface area contributed by atoms with Crippen LogP contribution in [0.15, 0.2) is 23.1 Å². The van der Waals surface area contributed by atoms with E-state index in [0.717, 1.165) is 0 Å². The van der Waals surface area contributed by atoms with Crippen LogP contribution in [-0.2, 0) is 0 Å². The summed E-state index contributed by atoms with van der Waals surface area (Å²) >= 11 is 0. The third-order valence-electron chi connectivity index (χ3n) is 1.48. The quantitative estimate of drug-likeness (QED) is 0.570. The predicted octanol–water partition coefficient (Wildman–Crippen LogP) is -0.182. The van der Waals surface area contributed by atoms with E-state index in [2.05, 4.69) is 24.2 Å². The first-order valence-electron chi connectivity index (χ1n) is 3.38. The van der Waals surface area contributed by atoms with Gasteiger partial charge in [0.15, 0.2) is 5.52 Å². The number of rotatable bonds is 0. The third-order valence-corrected chi connectivity index (χ3v) is 1.76. The molecule has 0 spiro atoms. The van der Waals surface area contributed by atoms with Crippen LogP contribution in [0.1, 0.15) is 0 Å². The van der Waals surface area contributed by atoms with Crippen LogP contribution < -0.4 is 11.1 Å². The fourth-order valence-corrected chi connectivity index (χ4v) is 1.27. The molecule has 0 bridgehead atoms. The molecule has 60 valence electrons. The van der Waals surface area contributed by atoms with Gasteiger partial charge in [-0.25, -0.2) is 9.97 Å². The molecule has 0 radical (unpaired) electrons. The lowest BCUT2D eigenvalue weighted by Crippen LogP contribution is -2.18. The van der Waals surface area contributed by atoms with Crippen molar-refractivity contribution in [1.29, 1.82) is 0 Å². The van der Waals surface area contributed by atoms with Gasteiger partial charge in [-0.2, -0.15) is 0 Å². The number of nitrogens with zero attached hydrogens (tertiary/aromatic N) is 2. The number of H-pyrrole nitrogens is 1. The molecule has 4 nitrogen and oxygen atoms in total. The van der Waals surface area contributed by atoms with Gasteiger partial charge in [0.2, 0.25) is 0 Å². The van der Waals surface area contributed by atoms with Crippen molar-refractivity contribution in [3.63, 3.8) is 0 Å². The second kappa shape index (κ2) is 2.64. The van der Waals surface area contributed by atoms with Crippen LogP contribution in [0.25, 0.3) is 11.0 Å². The maximum absolute atomic E-state index is 11.2. The zero-order valence-electron chi connectivity index (χ0n) is 6.11. The lowest BCUT2D eigenvalue weighted by atomic mass is 10.4. The first kappa shape index (κ1) is 7.37. The Morgan fingerprint density at radius 2 is 2.33 bits per heavy atom. The number of hydrogen-bond acceptors (Lipinski definition) is 3. The zero-order chi connectivity index (χ0) is 8.55. The van der Waals surface area contributed by atoms with Crippen molar-refractivity contribution in [3.8, 4) is 0 Å². The minimum Gasteiger partial charge on any atom is -0.305 e. The number of nitrogens with one attached hydrogen (secondary N) is 1. The summed E-state index contributed by atoms with van der Waals surface area (Å²) in [5, 5.41) is 0. The van der Waals surface area contributed by atoms with E-state index < -0.39 is 0 Å². The van der Waals surface area contributed by atoms with Crippen molar-refractivity contribution in [2.75, 3.05) is 0 Å². The summed E-state index contributed by atoms with van der Waals surface area (Å²) in [6.07, 6.45) is 1.57. The molecular weight excluding hydrogens is 173 g/mol. The first-order valence-corrected chi connectivity index (χ1v) is 3.95. The van der Waals surface area contributed by atoms with Gasteiger partial charge in [-0.15, -0.1) is 0 Å². The van der Waals surface area contributed by atoms with Crippen LogP contribution >= 0.6 is 9.24 Å². The molecule has 2 rings (SSSR count). The van der Waals surface area contributed by atoms with Crippen molar-refractivity contribution in [3.05, 3.63) is 28.7 Å². The molecule has 2 aromatic heterocycles. The Morgan fingerprint density at radius 1 is 1.50 bits per heavy atom. The minimum absolute atomic E-state index is 0.203. The molecule has 0 saturated heterocycles. The molecule has 2 heterocycles. The van der Waals surface area contributed by atoms with E-state index in [1.54, 1.807) is 18.3 Å². The lowest BCUT2D eigenvalue weighted by Gasteiger charge is -1.95. The van der Waals surface area contributed by atoms with E-state index in [4.69, 9.17) is 0 Å². The molecule has 1 unspecified atom stereocenters. The molecule has 0 aromatic carbocycles. The molecule has 0 amide bonds. The van der Waals surface area contributed by atoms with Gasteiger partial charge in [-0.05, 0) is 12.1 Å². The maximum atomic E-state index is 11.2. The standard InChI is InChI=1S/C7H6N3OP/c11-6-5-4(2-1-3-8-5)9-7(12)10-6/h1-3H,12H2,(H,9,10,11). The van der Waals surface area contributed by atoms with Crippen molar-refractivity contribution in [1.82, 2.24) is 15.0 Å². The van der Waals surface area contributed by atoms with Gasteiger partial charge in [-0.1, -0.05) is 9.24 Å². The van der Waals surface area contributed by atoms with Gasteiger partial charge in [-0.3, -0.25) is 4.79 Å². The molecule has 0 saturated carbocycles. The number of aromatic amines is 1. The SMILES string of the molecule is O=c1[nH]c(P)nc2cccnc12. The van der Waals surface area contributed by atoms with Crippen LogP contribution in [-0.4, -0.2) is 15.0 Å². The van der Waals surface area contributed by atoms with Crippen LogP contribution in [0.4, 0.5) is 0 Å². The summed E-state index contributed by atoms with van der Waals surface area (Å²) in [6, 6.07) is 3.50. The van der Waals surface area contributed by atoms with E-state index in [0.29, 0.717) is 16.6 Å². The average molecular weight is 179 g/mol. The average Bonchev–Trinajstić information content (AvgIpc) is 2.04. The molecule has 0 aliphatic carbocycles. The van der Waals surface area contributed by atoms with Crippen LogP contribution in [0.3, 0.4) is 0 Å². The van der Waals surface area contributed by atoms with Crippen molar-refractivity contribution >= 4 is 25.8 Å². The Kier molecular flexibility index (Phi) is 1.62. The summed E-state index contributed by atoms with van der Waals surface area (Å²) in [7, 11) is 2.34. The molecule has 0 fully saturated rings. The van der Waals surface area contributed by atoms with Crippen molar-refractivity contribution < 1.29 is 0 Å². The van der Waals surface area contributed by atoms with Crippen LogP contribution in [0.2, 0.25) is 0 Å². The van der Waals surface area contributed by atoms with Gasteiger partial charge in [0, 0.05) is 6.20 Å². The van der Waals surface area contributed by atoms with Crippen LogP contribution in [0, 0.1) is 0 Å². The molecular formula is C7H6N3OP. The molecule has 2 aromatic rings. The number of fused-ring (bicyclic) bond motifs is 1. The summed E-state index contributed by atoms with van der Waals surface area (Å²) in [4.78, 5) is 21.8. The Labute approximate surface area is 70.3 Å². The molecule has 1 atom stereocenters. The Hall–Kier alpha value is -1.28. The number of hydrogen-bond donors (Lipinski definition) is 1. The highest BCUT2D eigenvalue weighted by Gasteiger charge is 1.99. The maximum Gasteiger partial charge on any atom is 0.277 e. The molecule has 12 heavy (non-hydrogen) atoms. The highest BCUT2D eigenvalue weighted by Crippen LogP contribution is 1.98. The smallest absolute Gasteiger partial charge is 0.277 e. The fraction of sp³-hybridized carbons (Fsp3) is 0. The highest BCUT2D eigenvalue weighted by atomic mass is 31.0. The van der Waals surface area contributed by atoms with E-state index in [1.807, 2.05) is 0 Å². The lowest BCUT2D eigenvalue weighted by molar-refractivity contribution is 1.20. The largest absolute Gasteiger partial charge is 0.305 e. The third kappa shape index (κ3) is 1.10. The Bertz CT molecular complexity index is 479. The molecule has 1 N–H and O–H groups in total. The van der Waals surface area contributed by atoms with Crippen LogP contribution in [0.5, 0.6) is 0 Å². The summed E-state index contributed by atoms with van der Waals surface area (Å²) < 4.78 is 0. The van der Waals surface area contributed by atoms with Gasteiger partial charge >= 0.3 is 0 Å². The second-order valence-electron chi connectivity index (χ2n) is 2.32. The van der Waals surface area contributed by atoms with Gasteiger partial charge in [0.1, 0.15) is 5.57 Å². The van der Waals surface area contributed by atoms with E-state index >= 15 is 0 Å². The van der Waals surface area contributed by atoms with Crippen molar-refractivity contribution in [2.24, 2.45) is 0 Å². The van der Waals surface area contributed by atoms with Gasteiger partial charge < -0.3 is 4.98 Å². The summed E-state index contributed by atoms with van der Waals surface area (Å²) in [5.74, 6) is 0. The summed E-state index contributed by atoms with van der Waals surface area (Å²) in [5.41, 5.74) is 1.32. The van der Waals surface area contributed by atoms with Gasteiger partial charge in [0.25, 0.3) is 5.56 Å².